The van der Waals surface area contributed by atoms with Crippen LogP contribution in [0.2, 0.25) is 0 Å². The Morgan fingerprint density at radius 3 is 2.72 bits per heavy atom. The maximum atomic E-state index is 12.9. The van der Waals surface area contributed by atoms with Crippen LogP contribution in [0.15, 0.2) is 23.4 Å². The summed E-state index contributed by atoms with van der Waals surface area (Å²) >= 11 is 0. The van der Waals surface area contributed by atoms with Gasteiger partial charge in [-0.25, -0.2) is 4.39 Å². The molecule has 0 amide bonds. The third-order valence-corrected chi connectivity index (χ3v) is 2.92. The normalized spacial score (nSPS) is 12.6. The van der Waals surface area contributed by atoms with Crippen molar-refractivity contribution >= 4 is 5.84 Å². The van der Waals surface area contributed by atoms with Crippen molar-refractivity contribution in [1.29, 1.82) is 0 Å². The second kappa shape index (κ2) is 5.71. The summed E-state index contributed by atoms with van der Waals surface area (Å²) in [5, 5.41) is 11.6. The van der Waals surface area contributed by atoms with Gasteiger partial charge in [0.05, 0.1) is 6.61 Å². The van der Waals surface area contributed by atoms with Crippen LogP contribution in [-0.2, 0) is 0 Å². The van der Waals surface area contributed by atoms with Gasteiger partial charge < -0.3 is 15.7 Å². The lowest BCUT2D eigenvalue weighted by Crippen LogP contribution is -2.33. The SMILES string of the molecule is Cc1cc(F)ccc1OCCC(C)(C)/C(N)=N/O. The maximum Gasteiger partial charge on any atom is 0.144 e. The Hall–Kier alpha value is -1.78. The van der Waals surface area contributed by atoms with E-state index >= 15 is 0 Å². The largest absolute Gasteiger partial charge is 0.493 e. The van der Waals surface area contributed by atoms with Crippen LogP contribution in [0, 0.1) is 18.2 Å². The average molecular weight is 254 g/mol. The molecule has 1 aromatic rings. The van der Waals surface area contributed by atoms with Gasteiger partial charge in [0, 0.05) is 5.41 Å². The molecule has 0 unspecified atom stereocenters. The van der Waals surface area contributed by atoms with Crippen LogP contribution in [0.5, 0.6) is 5.75 Å². The van der Waals surface area contributed by atoms with Crippen molar-refractivity contribution in [2.75, 3.05) is 6.61 Å². The summed E-state index contributed by atoms with van der Waals surface area (Å²) in [6, 6.07) is 4.38. The van der Waals surface area contributed by atoms with Crippen LogP contribution in [0.1, 0.15) is 25.8 Å². The summed E-state index contributed by atoms with van der Waals surface area (Å²) in [7, 11) is 0. The van der Waals surface area contributed by atoms with E-state index in [9.17, 15) is 4.39 Å². The molecule has 0 saturated heterocycles. The zero-order valence-corrected chi connectivity index (χ0v) is 10.9. The fourth-order valence-electron chi connectivity index (χ4n) is 1.45. The summed E-state index contributed by atoms with van der Waals surface area (Å²) in [5.74, 6) is 0.533. The Balaban J connectivity index is 2.57. The highest BCUT2D eigenvalue weighted by Gasteiger charge is 2.23. The van der Waals surface area contributed by atoms with E-state index in [1.807, 2.05) is 13.8 Å². The Morgan fingerprint density at radius 1 is 1.50 bits per heavy atom. The zero-order chi connectivity index (χ0) is 13.8. The molecule has 1 rings (SSSR count). The Kier molecular flexibility index (Phi) is 4.53. The van der Waals surface area contributed by atoms with Crippen LogP contribution < -0.4 is 10.5 Å². The molecule has 100 valence electrons. The second-order valence-electron chi connectivity index (χ2n) is 4.88. The summed E-state index contributed by atoms with van der Waals surface area (Å²) in [4.78, 5) is 0. The molecule has 3 N–H and O–H groups in total. The molecule has 0 spiro atoms. The number of rotatable bonds is 5. The average Bonchev–Trinajstić information content (AvgIpc) is 2.30. The molecule has 0 atom stereocenters. The summed E-state index contributed by atoms with van der Waals surface area (Å²) in [6.45, 7) is 5.93. The highest BCUT2D eigenvalue weighted by molar-refractivity contribution is 5.85. The standard InChI is InChI=1S/C13H19FN2O2/c1-9-8-10(14)4-5-11(9)18-7-6-13(2,3)12(15)16-17/h4-5,8,17H,6-7H2,1-3H3,(H2,15,16). The summed E-state index contributed by atoms with van der Waals surface area (Å²) < 4.78 is 18.5. The van der Waals surface area contributed by atoms with Crippen LogP contribution in [0.4, 0.5) is 4.39 Å². The molecule has 0 saturated carbocycles. The van der Waals surface area contributed by atoms with E-state index in [1.54, 1.807) is 13.0 Å². The van der Waals surface area contributed by atoms with Gasteiger partial charge in [-0.3, -0.25) is 0 Å². The van der Waals surface area contributed by atoms with Gasteiger partial charge in [-0.1, -0.05) is 19.0 Å². The molecule has 1 aromatic carbocycles. The monoisotopic (exact) mass is 254 g/mol. The van der Waals surface area contributed by atoms with Crippen molar-refractivity contribution in [3.8, 4) is 5.75 Å². The fraction of sp³-hybridized carbons (Fsp3) is 0.462. The van der Waals surface area contributed by atoms with Gasteiger partial charge in [0.1, 0.15) is 17.4 Å². The number of benzene rings is 1. The zero-order valence-electron chi connectivity index (χ0n) is 10.9. The van der Waals surface area contributed by atoms with Crippen molar-refractivity contribution in [2.24, 2.45) is 16.3 Å². The first-order valence-corrected chi connectivity index (χ1v) is 5.74. The highest BCUT2D eigenvalue weighted by Crippen LogP contribution is 2.23. The van der Waals surface area contributed by atoms with Gasteiger partial charge in [0.25, 0.3) is 0 Å². The van der Waals surface area contributed by atoms with Crippen LogP contribution in [-0.4, -0.2) is 17.6 Å². The Bertz CT molecular complexity index is 445. The van der Waals surface area contributed by atoms with Crippen molar-refractivity contribution in [1.82, 2.24) is 0 Å². The topological polar surface area (TPSA) is 67.8 Å². The molecular weight excluding hydrogens is 235 g/mol. The van der Waals surface area contributed by atoms with E-state index in [4.69, 9.17) is 15.7 Å². The molecule has 0 aliphatic carbocycles. The van der Waals surface area contributed by atoms with Gasteiger partial charge in [-0.15, -0.1) is 0 Å². The van der Waals surface area contributed by atoms with Crippen LogP contribution in [0.3, 0.4) is 0 Å². The molecule has 18 heavy (non-hydrogen) atoms. The predicted octanol–water partition coefficient (Wildman–Crippen LogP) is 2.68. The predicted molar refractivity (Wildman–Crippen MR) is 68.4 cm³/mol. The molecule has 0 bridgehead atoms. The third kappa shape index (κ3) is 3.61. The van der Waals surface area contributed by atoms with E-state index in [0.29, 0.717) is 18.8 Å². The van der Waals surface area contributed by atoms with E-state index in [1.165, 1.54) is 12.1 Å². The number of nitrogens with zero attached hydrogens (tertiary/aromatic N) is 1. The molecule has 0 radical (unpaired) electrons. The number of amidine groups is 1. The summed E-state index contributed by atoms with van der Waals surface area (Å²) in [5.41, 5.74) is 5.88. The Labute approximate surface area is 106 Å². The van der Waals surface area contributed by atoms with Crippen molar-refractivity contribution in [2.45, 2.75) is 27.2 Å². The van der Waals surface area contributed by atoms with Crippen LogP contribution in [0.25, 0.3) is 0 Å². The van der Waals surface area contributed by atoms with E-state index in [-0.39, 0.29) is 11.7 Å². The smallest absolute Gasteiger partial charge is 0.144 e. The fourth-order valence-corrected chi connectivity index (χ4v) is 1.45. The van der Waals surface area contributed by atoms with Crippen molar-refractivity contribution < 1.29 is 14.3 Å². The molecule has 5 heteroatoms. The van der Waals surface area contributed by atoms with Gasteiger partial charge in [0.15, 0.2) is 0 Å². The number of halogens is 1. The molecule has 0 fully saturated rings. The van der Waals surface area contributed by atoms with E-state index in [0.717, 1.165) is 5.56 Å². The first-order chi connectivity index (χ1) is 8.36. The highest BCUT2D eigenvalue weighted by atomic mass is 19.1. The summed E-state index contributed by atoms with van der Waals surface area (Å²) in [6.07, 6.45) is 0.597. The lowest BCUT2D eigenvalue weighted by Gasteiger charge is -2.22. The van der Waals surface area contributed by atoms with Crippen molar-refractivity contribution in [3.63, 3.8) is 0 Å². The van der Waals surface area contributed by atoms with Gasteiger partial charge in [-0.05, 0) is 37.1 Å². The molecule has 0 aliphatic rings. The first kappa shape index (κ1) is 14.3. The van der Waals surface area contributed by atoms with E-state index < -0.39 is 5.41 Å². The molecule has 0 aromatic heterocycles. The van der Waals surface area contributed by atoms with Crippen LogP contribution >= 0.6 is 0 Å². The minimum Gasteiger partial charge on any atom is -0.493 e. The van der Waals surface area contributed by atoms with Crippen molar-refractivity contribution in [3.05, 3.63) is 29.6 Å². The number of ether oxygens (including phenoxy) is 1. The molecule has 0 aliphatic heterocycles. The quantitative estimate of drug-likeness (QED) is 0.367. The number of hydrogen-bond acceptors (Lipinski definition) is 3. The minimum absolute atomic E-state index is 0.168. The van der Waals surface area contributed by atoms with Gasteiger partial charge in [0.2, 0.25) is 0 Å². The van der Waals surface area contributed by atoms with Gasteiger partial charge >= 0.3 is 0 Å². The number of nitrogens with two attached hydrogens (primary N) is 1. The molecule has 4 nitrogen and oxygen atoms in total. The molecule has 0 heterocycles. The third-order valence-electron chi connectivity index (χ3n) is 2.92. The number of aryl methyl sites for hydroxylation is 1. The van der Waals surface area contributed by atoms with E-state index in [2.05, 4.69) is 5.16 Å². The maximum absolute atomic E-state index is 12.9. The van der Waals surface area contributed by atoms with Gasteiger partial charge in [-0.2, -0.15) is 0 Å². The first-order valence-electron chi connectivity index (χ1n) is 5.74. The number of hydrogen-bond donors (Lipinski definition) is 2. The minimum atomic E-state index is -0.442. The Morgan fingerprint density at radius 2 is 2.17 bits per heavy atom. The second-order valence-corrected chi connectivity index (χ2v) is 4.88. The lowest BCUT2D eigenvalue weighted by molar-refractivity contribution is 0.258. The lowest BCUT2D eigenvalue weighted by atomic mass is 9.88. The molecular formula is C13H19FN2O2. The number of oxime groups is 1.